The lowest BCUT2D eigenvalue weighted by atomic mass is 10.1. The van der Waals surface area contributed by atoms with Crippen LogP contribution in [0.4, 0.5) is 0 Å². The highest BCUT2D eigenvalue weighted by Gasteiger charge is 2.14. The molecule has 0 radical (unpaired) electrons. The summed E-state index contributed by atoms with van der Waals surface area (Å²) in [4.78, 5) is 0. The minimum absolute atomic E-state index is 0.348. The molecule has 0 aliphatic carbocycles. The number of hydrogen-bond donors (Lipinski definition) is 1. The normalized spacial score (nSPS) is 21.3. The molecule has 0 spiro atoms. The summed E-state index contributed by atoms with van der Waals surface area (Å²) < 4.78 is 5.93. The highest BCUT2D eigenvalue weighted by molar-refractivity contribution is 5.33. The summed E-state index contributed by atoms with van der Waals surface area (Å²) in [7, 11) is 0. The molecule has 2 heteroatoms. The molecule has 1 saturated heterocycles. The molecular formula is C13H19NO. The Bertz CT molecular complexity index is 329. The maximum absolute atomic E-state index is 5.93. The largest absolute Gasteiger partial charge is 0.489 e. The van der Waals surface area contributed by atoms with E-state index in [1.54, 1.807) is 0 Å². The Morgan fingerprint density at radius 1 is 1.27 bits per heavy atom. The molecule has 0 aromatic heterocycles. The molecule has 1 aliphatic rings. The van der Waals surface area contributed by atoms with Gasteiger partial charge in [-0.25, -0.2) is 0 Å². The number of nitrogens with one attached hydrogen (secondary N) is 1. The molecule has 1 atom stereocenters. The minimum Gasteiger partial charge on any atom is -0.489 e. The van der Waals surface area contributed by atoms with Gasteiger partial charge in [0.15, 0.2) is 0 Å². The second-order valence-corrected chi connectivity index (χ2v) is 4.33. The number of benzene rings is 1. The van der Waals surface area contributed by atoms with Gasteiger partial charge in [-0.2, -0.15) is 0 Å². The van der Waals surface area contributed by atoms with Crippen molar-refractivity contribution in [3.05, 3.63) is 29.3 Å². The third-order valence-electron chi connectivity index (χ3n) is 3.03. The molecule has 1 fully saturated rings. The van der Waals surface area contributed by atoms with Gasteiger partial charge in [-0.3, -0.25) is 0 Å². The van der Waals surface area contributed by atoms with Crippen LogP contribution in [-0.2, 0) is 0 Å². The Morgan fingerprint density at radius 2 is 2.13 bits per heavy atom. The zero-order chi connectivity index (χ0) is 10.7. The predicted octanol–water partition coefficient (Wildman–Crippen LogP) is 2.43. The Morgan fingerprint density at radius 3 is 2.80 bits per heavy atom. The van der Waals surface area contributed by atoms with Gasteiger partial charge in [-0.1, -0.05) is 6.07 Å². The van der Waals surface area contributed by atoms with Gasteiger partial charge in [-0.05, 0) is 56.5 Å². The lowest BCUT2D eigenvalue weighted by Gasteiger charge is -2.24. The molecule has 2 rings (SSSR count). The zero-order valence-electron chi connectivity index (χ0n) is 9.55. The molecule has 1 aromatic rings. The van der Waals surface area contributed by atoms with Crippen molar-refractivity contribution in [2.75, 3.05) is 13.1 Å². The summed E-state index contributed by atoms with van der Waals surface area (Å²) in [6.07, 6.45) is 2.73. The highest BCUT2D eigenvalue weighted by Crippen LogP contribution is 2.19. The maximum atomic E-state index is 5.93. The summed E-state index contributed by atoms with van der Waals surface area (Å²) in [5, 5.41) is 3.36. The summed E-state index contributed by atoms with van der Waals surface area (Å²) in [6, 6.07) is 6.32. The molecule has 2 nitrogen and oxygen atoms in total. The van der Waals surface area contributed by atoms with E-state index < -0.39 is 0 Å². The first-order valence-corrected chi connectivity index (χ1v) is 5.70. The second kappa shape index (κ2) is 4.67. The summed E-state index contributed by atoms with van der Waals surface area (Å²) in [5.74, 6) is 1.01. The van der Waals surface area contributed by atoms with Gasteiger partial charge in [0, 0.05) is 6.54 Å². The summed E-state index contributed by atoms with van der Waals surface area (Å²) in [5.41, 5.74) is 2.63. The quantitative estimate of drug-likeness (QED) is 0.800. The third kappa shape index (κ3) is 2.72. The number of aryl methyl sites for hydroxylation is 2. The van der Waals surface area contributed by atoms with Gasteiger partial charge in [0.1, 0.15) is 11.9 Å². The fraction of sp³-hybridized carbons (Fsp3) is 0.538. The SMILES string of the molecule is Cc1ccc(OC2CCCNC2)cc1C. The summed E-state index contributed by atoms with van der Waals surface area (Å²) in [6.45, 7) is 6.36. The topological polar surface area (TPSA) is 21.3 Å². The van der Waals surface area contributed by atoms with Crippen molar-refractivity contribution in [3.8, 4) is 5.75 Å². The lowest BCUT2D eigenvalue weighted by molar-refractivity contribution is 0.167. The predicted molar refractivity (Wildman–Crippen MR) is 62.4 cm³/mol. The van der Waals surface area contributed by atoms with Crippen LogP contribution in [-0.4, -0.2) is 19.2 Å². The molecule has 0 bridgehead atoms. The molecule has 1 N–H and O–H groups in total. The lowest BCUT2D eigenvalue weighted by Crippen LogP contribution is -2.37. The van der Waals surface area contributed by atoms with Crippen LogP contribution in [0, 0.1) is 13.8 Å². The fourth-order valence-corrected chi connectivity index (χ4v) is 1.90. The number of piperidine rings is 1. The average Bonchev–Trinajstić information content (AvgIpc) is 2.25. The first-order valence-electron chi connectivity index (χ1n) is 5.70. The van der Waals surface area contributed by atoms with E-state index in [9.17, 15) is 0 Å². The van der Waals surface area contributed by atoms with E-state index >= 15 is 0 Å². The maximum Gasteiger partial charge on any atom is 0.120 e. The zero-order valence-corrected chi connectivity index (χ0v) is 9.55. The van der Waals surface area contributed by atoms with Crippen molar-refractivity contribution in [2.45, 2.75) is 32.8 Å². The van der Waals surface area contributed by atoms with E-state index in [1.807, 2.05) is 0 Å². The standard InChI is InChI=1S/C13H19NO/c1-10-5-6-12(8-11(10)2)15-13-4-3-7-14-9-13/h5-6,8,13-14H,3-4,7,9H2,1-2H3. The third-order valence-corrected chi connectivity index (χ3v) is 3.03. The molecule has 1 aliphatic heterocycles. The van der Waals surface area contributed by atoms with E-state index in [0.717, 1.165) is 18.8 Å². The number of ether oxygens (including phenoxy) is 1. The van der Waals surface area contributed by atoms with Crippen LogP contribution in [0.1, 0.15) is 24.0 Å². The van der Waals surface area contributed by atoms with Crippen LogP contribution in [0.2, 0.25) is 0 Å². The molecule has 0 amide bonds. The Hall–Kier alpha value is -1.02. The molecule has 15 heavy (non-hydrogen) atoms. The smallest absolute Gasteiger partial charge is 0.120 e. The first kappa shape index (κ1) is 10.5. The van der Waals surface area contributed by atoms with Gasteiger partial charge >= 0.3 is 0 Å². The molecule has 1 unspecified atom stereocenters. The van der Waals surface area contributed by atoms with Crippen LogP contribution < -0.4 is 10.1 Å². The van der Waals surface area contributed by atoms with Crippen LogP contribution in [0.3, 0.4) is 0 Å². The first-order chi connectivity index (χ1) is 7.25. The summed E-state index contributed by atoms with van der Waals surface area (Å²) >= 11 is 0. The van der Waals surface area contributed by atoms with Crippen LogP contribution >= 0.6 is 0 Å². The van der Waals surface area contributed by atoms with E-state index in [1.165, 1.54) is 24.0 Å². The van der Waals surface area contributed by atoms with E-state index in [-0.39, 0.29) is 0 Å². The Balaban J connectivity index is 2.00. The van der Waals surface area contributed by atoms with Crippen molar-refractivity contribution in [2.24, 2.45) is 0 Å². The Labute approximate surface area is 91.6 Å². The van der Waals surface area contributed by atoms with Gasteiger partial charge < -0.3 is 10.1 Å². The highest BCUT2D eigenvalue weighted by atomic mass is 16.5. The van der Waals surface area contributed by atoms with Crippen LogP contribution in [0.5, 0.6) is 5.75 Å². The minimum atomic E-state index is 0.348. The van der Waals surface area contributed by atoms with Gasteiger partial charge in [0.25, 0.3) is 0 Å². The van der Waals surface area contributed by atoms with Crippen molar-refractivity contribution >= 4 is 0 Å². The Kier molecular flexibility index (Phi) is 3.27. The van der Waals surface area contributed by atoms with E-state index in [4.69, 9.17) is 4.74 Å². The second-order valence-electron chi connectivity index (χ2n) is 4.33. The number of rotatable bonds is 2. The van der Waals surface area contributed by atoms with Crippen molar-refractivity contribution in [3.63, 3.8) is 0 Å². The van der Waals surface area contributed by atoms with Crippen molar-refractivity contribution in [1.82, 2.24) is 5.32 Å². The van der Waals surface area contributed by atoms with Crippen molar-refractivity contribution in [1.29, 1.82) is 0 Å². The van der Waals surface area contributed by atoms with Gasteiger partial charge in [-0.15, -0.1) is 0 Å². The molecule has 0 saturated carbocycles. The van der Waals surface area contributed by atoms with Gasteiger partial charge in [0.05, 0.1) is 0 Å². The molecule has 82 valence electrons. The molecular weight excluding hydrogens is 186 g/mol. The fourth-order valence-electron chi connectivity index (χ4n) is 1.90. The van der Waals surface area contributed by atoms with Crippen molar-refractivity contribution < 1.29 is 4.74 Å². The average molecular weight is 205 g/mol. The molecule has 1 aromatic carbocycles. The molecule has 1 heterocycles. The van der Waals surface area contributed by atoms with E-state index in [0.29, 0.717) is 6.10 Å². The van der Waals surface area contributed by atoms with Crippen LogP contribution in [0.25, 0.3) is 0 Å². The van der Waals surface area contributed by atoms with Crippen LogP contribution in [0.15, 0.2) is 18.2 Å². The number of hydrogen-bond acceptors (Lipinski definition) is 2. The van der Waals surface area contributed by atoms with Gasteiger partial charge in [0.2, 0.25) is 0 Å². The van der Waals surface area contributed by atoms with E-state index in [2.05, 4.69) is 37.4 Å². The monoisotopic (exact) mass is 205 g/mol.